The zero-order valence-electron chi connectivity index (χ0n) is 15.1. The van der Waals surface area contributed by atoms with Crippen molar-refractivity contribution in [1.29, 1.82) is 0 Å². The Morgan fingerprint density at radius 2 is 2.04 bits per heavy atom. The fourth-order valence-electron chi connectivity index (χ4n) is 4.22. The van der Waals surface area contributed by atoms with E-state index < -0.39 is 0 Å². The maximum absolute atomic E-state index is 12.6. The molecule has 2 aromatic heterocycles. The largest absolute Gasteiger partial charge is 0.474 e. The maximum atomic E-state index is 12.6. The Kier molecular flexibility index (Phi) is 4.31. The van der Waals surface area contributed by atoms with Crippen molar-refractivity contribution in [1.82, 2.24) is 14.9 Å². The van der Waals surface area contributed by atoms with E-state index in [0.717, 1.165) is 48.3 Å². The topological polar surface area (TPSA) is 55.3 Å². The fourth-order valence-corrected chi connectivity index (χ4v) is 5.35. The molecule has 5 rings (SSSR count). The number of hydrogen-bond donors (Lipinski definition) is 0. The van der Waals surface area contributed by atoms with Gasteiger partial charge in [0.2, 0.25) is 11.8 Å². The molecule has 0 radical (unpaired) electrons. The first-order valence-corrected chi connectivity index (χ1v) is 10.8. The van der Waals surface area contributed by atoms with Crippen LogP contribution >= 0.6 is 11.3 Å². The molecule has 0 atom stereocenters. The van der Waals surface area contributed by atoms with Gasteiger partial charge in [-0.1, -0.05) is 6.42 Å². The van der Waals surface area contributed by atoms with Gasteiger partial charge in [0.25, 0.3) is 0 Å². The second kappa shape index (κ2) is 6.80. The second-order valence-electron chi connectivity index (χ2n) is 7.95. The SMILES string of the molecule is O=C(CC1CC1)N1CCc2sc3ncnc(OC4CCCCC4)c3c2C1. The summed E-state index contributed by atoms with van der Waals surface area (Å²) in [5, 5.41) is 1.06. The number of nitrogens with zero attached hydrogens (tertiary/aromatic N) is 3. The minimum atomic E-state index is 0.272. The van der Waals surface area contributed by atoms with Crippen molar-refractivity contribution >= 4 is 27.5 Å². The van der Waals surface area contributed by atoms with Gasteiger partial charge in [0.15, 0.2) is 0 Å². The molecule has 5 nitrogen and oxygen atoms in total. The summed E-state index contributed by atoms with van der Waals surface area (Å²) in [4.78, 5) is 25.9. The number of carbonyl (C=O) groups is 1. The van der Waals surface area contributed by atoms with Crippen molar-refractivity contribution in [2.45, 2.75) is 70.4 Å². The van der Waals surface area contributed by atoms with E-state index in [1.165, 1.54) is 42.5 Å². The molecule has 0 bridgehead atoms. The fraction of sp³-hybridized carbons (Fsp3) is 0.650. The molecule has 2 saturated carbocycles. The number of ether oxygens (including phenoxy) is 1. The van der Waals surface area contributed by atoms with Crippen molar-refractivity contribution in [3.05, 3.63) is 16.8 Å². The Bertz CT molecular complexity index is 824. The first-order valence-electron chi connectivity index (χ1n) is 9.97. The molecule has 3 heterocycles. The summed E-state index contributed by atoms with van der Waals surface area (Å²) in [6, 6.07) is 0. The van der Waals surface area contributed by atoms with Gasteiger partial charge in [-0.2, -0.15) is 0 Å². The van der Waals surface area contributed by atoms with E-state index in [1.807, 2.05) is 4.90 Å². The van der Waals surface area contributed by atoms with Crippen molar-refractivity contribution in [2.24, 2.45) is 5.92 Å². The number of carbonyl (C=O) groups excluding carboxylic acids is 1. The normalized spacial score (nSPS) is 21.0. The Labute approximate surface area is 157 Å². The van der Waals surface area contributed by atoms with Crippen LogP contribution in [-0.2, 0) is 17.8 Å². The van der Waals surface area contributed by atoms with Crippen LogP contribution in [-0.4, -0.2) is 33.4 Å². The van der Waals surface area contributed by atoms with E-state index in [-0.39, 0.29) is 6.10 Å². The molecule has 0 spiro atoms. The predicted octanol–water partition coefficient (Wildman–Crippen LogP) is 4.09. The molecule has 6 heteroatoms. The smallest absolute Gasteiger partial charge is 0.225 e. The molecule has 0 aromatic carbocycles. The number of fused-ring (bicyclic) bond motifs is 3. The average Bonchev–Trinajstić information content (AvgIpc) is 3.39. The van der Waals surface area contributed by atoms with Crippen LogP contribution in [0.3, 0.4) is 0 Å². The van der Waals surface area contributed by atoms with Gasteiger partial charge in [0.05, 0.1) is 5.39 Å². The molecule has 2 aliphatic carbocycles. The van der Waals surface area contributed by atoms with Gasteiger partial charge < -0.3 is 9.64 Å². The summed E-state index contributed by atoms with van der Waals surface area (Å²) in [6.45, 7) is 1.52. The van der Waals surface area contributed by atoms with E-state index in [0.29, 0.717) is 18.4 Å². The van der Waals surface area contributed by atoms with E-state index in [9.17, 15) is 4.79 Å². The van der Waals surface area contributed by atoms with Crippen molar-refractivity contribution in [3.63, 3.8) is 0 Å². The van der Waals surface area contributed by atoms with Crippen LogP contribution in [0, 0.1) is 5.92 Å². The molecule has 0 saturated heterocycles. The Balaban J connectivity index is 1.43. The highest BCUT2D eigenvalue weighted by atomic mass is 32.1. The molecule has 1 aliphatic heterocycles. The van der Waals surface area contributed by atoms with Crippen LogP contribution in [0.2, 0.25) is 0 Å². The Hall–Kier alpha value is -1.69. The van der Waals surface area contributed by atoms with Crippen LogP contribution in [0.4, 0.5) is 0 Å². The zero-order chi connectivity index (χ0) is 17.5. The van der Waals surface area contributed by atoms with Gasteiger partial charge in [-0.05, 0) is 50.9 Å². The molecule has 3 aliphatic rings. The molecule has 2 aromatic rings. The van der Waals surface area contributed by atoms with Crippen LogP contribution < -0.4 is 4.74 Å². The molecule has 1 amide bonds. The predicted molar refractivity (Wildman–Crippen MR) is 101 cm³/mol. The van der Waals surface area contributed by atoms with Gasteiger partial charge in [0.1, 0.15) is 17.3 Å². The van der Waals surface area contributed by atoms with E-state index in [1.54, 1.807) is 17.7 Å². The lowest BCUT2D eigenvalue weighted by molar-refractivity contribution is -0.132. The van der Waals surface area contributed by atoms with Gasteiger partial charge in [-0.25, -0.2) is 9.97 Å². The zero-order valence-corrected chi connectivity index (χ0v) is 15.9. The number of aromatic nitrogens is 2. The number of amides is 1. The monoisotopic (exact) mass is 371 g/mol. The van der Waals surface area contributed by atoms with Crippen molar-refractivity contribution in [2.75, 3.05) is 6.54 Å². The Morgan fingerprint density at radius 3 is 2.85 bits per heavy atom. The number of hydrogen-bond acceptors (Lipinski definition) is 5. The third kappa shape index (κ3) is 3.20. The Morgan fingerprint density at radius 1 is 1.19 bits per heavy atom. The third-order valence-corrected chi connectivity index (χ3v) is 7.14. The van der Waals surface area contributed by atoms with Gasteiger partial charge >= 0.3 is 0 Å². The maximum Gasteiger partial charge on any atom is 0.225 e. The highest BCUT2D eigenvalue weighted by Gasteiger charge is 2.31. The summed E-state index contributed by atoms with van der Waals surface area (Å²) in [5.41, 5.74) is 1.23. The lowest BCUT2D eigenvalue weighted by Crippen LogP contribution is -2.35. The molecular formula is C20H25N3O2S. The number of rotatable bonds is 4. The summed E-state index contributed by atoms with van der Waals surface area (Å²) in [6.07, 6.45) is 12.0. The molecule has 0 unspecified atom stereocenters. The van der Waals surface area contributed by atoms with Crippen molar-refractivity contribution in [3.8, 4) is 5.88 Å². The van der Waals surface area contributed by atoms with Crippen LogP contribution in [0.25, 0.3) is 10.2 Å². The van der Waals surface area contributed by atoms with Gasteiger partial charge in [-0.15, -0.1) is 11.3 Å². The molecule has 2 fully saturated rings. The first-order chi connectivity index (χ1) is 12.8. The standard InChI is InChI=1S/C20H25N3O2S/c24-17(10-13-6-7-13)23-9-8-16-15(11-23)18-19(21-12-22-20(18)26-16)25-14-4-2-1-3-5-14/h12-14H,1-11H2. The minimum Gasteiger partial charge on any atom is -0.474 e. The summed E-state index contributed by atoms with van der Waals surface area (Å²) in [7, 11) is 0. The highest BCUT2D eigenvalue weighted by Crippen LogP contribution is 2.40. The van der Waals surface area contributed by atoms with Gasteiger partial charge in [0, 0.05) is 30.0 Å². The lowest BCUT2D eigenvalue weighted by atomic mass is 9.98. The second-order valence-corrected chi connectivity index (χ2v) is 9.04. The lowest BCUT2D eigenvalue weighted by Gasteiger charge is -2.28. The summed E-state index contributed by atoms with van der Waals surface area (Å²) >= 11 is 1.75. The van der Waals surface area contributed by atoms with Gasteiger partial charge in [-0.3, -0.25) is 4.79 Å². The van der Waals surface area contributed by atoms with Crippen molar-refractivity contribution < 1.29 is 9.53 Å². The minimum absolute atomic E-state index is 0.272. The average molecular weight is 372 g/mol. The van der Waals surface area contributed by atoms with E-state index in [2.05, 4.69) is 9.97 Å². The molecule has 138 valence electrons. The quantitative estimate of drug-likeness (QED) is 0.812. The first kappa shape index (κ1) is 16.5. The molecule has 0 N–H and O–H groups in total. The number of thiophene rings is 1. The third-order valence-electron chi connectivity index (χ3n) is 5.94. The highest BCUT2D eigenvalue weighted by molar-refractivity contribution is 7.18. The molecule has 26 heavy (non-hydrogen) atoms. The van der Waals surface area contributed by atoms with E-state index >= 15 is 0 Å². The van der Waals surface area contributed by atoms with Crippen LogP contribution in [0.5, 0.6) is 5.88 Å². The van der Waals surface area contributed by atoms with Crippen LogP contribution in [0.15, 0.2) is 6.33 Å². The van der Waals surface area contributed by atoms with Crippen LogP contribution in [0.1, 0.15) is 61.8 Å². The summed E-state index contributed by atoms with van der Waals surface area (Å²) in [5.74, 6) is 1.68. The summed E-state index contributed by atoms with van der Waals surface area (Å²) < 4.78 is 6.32. The molecular weight excluding hydrogens is 346 g/mol. The van der Waals surface area contributed by atoms with E-state index in [4.69, 9.17) is 4.74 Å².